The molecule has 0 aliphatic heterocycles. The summed E-state index contributed by atoms with van der Waals surface area (Å²) in [7, 11) is 1.69. The van der Waals surface area contributed by atoms with Crippen molar-refractivity contribution < 1.29 is 4.74 Å². The van der Waals surface area contributed by atoms with Crippen molar-refractivity contribution in [3.63, 3.8) is 0 Å². The maximum atomic E-state index is 6.03. The van der Waals surface area contributed by atoms with E-state index < -0.39 is 0 Å². The Morgan fingerprint density at radius 3 is 2.50 bits per heavy atom. The van der Waals surface area contributed by atoms with Crippen LogP contribution >= 0.6 is 0 Å². The lowest BCUT2D eigenvalue weighted by Crippen LogP contribution is -2.06. The lowest BCUT2D eigenvalue weighted by Gasteiger charge is -2.05. The number of benzene rings is 1. The highest BCUT2D eigenvalue weighted by Crippen LogP contribution is 2.57. The molecular weight excluding hydrogens is 174 g/mol. The van der Waals surface area contributed by atoms with Gasteiger partial charge in [-0.15, -0.1) is 0 Å². The van der Waals surface area contributed by atoms with Crippen LogP contribution in [0.15, 0.2) is 24.3 Å². The van der Waals surface area contributed by atoms with Gasteiger partial charge in [-0.3, -0.25) is 0 Å². The smallest absolute Gasteiger partial charge is 0.119 e. The zero-order chi connectivity index (χ0) is 10.3. The van der Waals surface area contributed by atoms with Crippen molar-refractivity contribution in [1.29, 1.82) is 0 Å². The van der Waals surface area contributed by atoms with Crippen molar-refractivity contribution in [2.75, 3.05) is 7.11 Å². The van der Waals surface area contributed by atoms with Crippen LogP contribution in [0.1, 0.15) is 25.3 Å². The van der Waals surface area contributed by atoms with Gasteiger partial charge in [-0.1, -0.05) is 26.0 Å². The van der Waals surface area contributed by atoms with Crippen LogP contribution in [0.25, 0.3) is 0 Å². The Morgan fingerprint density at radius 2 is 2.00 bits per heavy atom. The van der Waals surface area contributed by atoms with Gasteiger partial charge in [0.05, 0.1) is 7.11 Å². The van der Waals surface area contributed by atoms with Gasteiger partial charge in [-0.25, -0.2) is 0 Å². The summed E-state index contributed by atoms with van der Waals surface area (Å²) < 4.78 is 5.20. The van der Waals surface area contributed by atoms with Gasteiger partial charge in [0.15, 0.2) is 0 Å². The SMILES string of the molecule is COc1cccc(C2C(N)C2(C)C)c1. The van der Waals surface area contributed by atoms with Crippen LogP contribution in [0.2, 0.25) is 0 Å². The molecule has 14 heavy (non-hydrogen) atoms. The van der Waals surface area contributed by atoms with Crippen LogP contribution in [0.5, 0.6) is 5.75 Å². The quantitative estimate of drug-likeness (QED) is 0.777. The second kappa shape index (κ2) is 2.99. The molecule has 0 amide bonds. The highest BCUT2D eigenvalue weighted by atomic mass is 16.5. The Morgan fingerprint density at radius 1 is 1.36 bits per heavy atom. The van der Waals surface area contributed by atoms with Crippen LogP contribution in [0.4, 0.5) is 0 Å². The van der Waals surface area contributed by atoms with E-state index in [0.717, 1.165) is 5.75 Å². The third kappa shape index (κ3) is 1.30. The minimum atomic E-state index is 0.242. The van der Waals surface area contributed by atoms with E-state index in [4.69, 9.17) is 10.5 Å². The average Bonchev–Trinajstić information content (AvgIpc) is 2.66. The molecule has 2 atom stereocenters. The zero-order valence-corrected chi connectivity index (χ0v) is 8.95. The van der Waals surface area contributed by atoms with Gasteiger partial charge in [0.2, 0.25) is 0 Å². The summed E-state index contributed by atoms with van der Waals surface area (Å²) in [6, 6.07) is 8.48. The van der Waals surface area contributed by atoms with Crippen LogP contribution in [-0.4, -0.2) is 13.2 Å². The molecule has 1 aromatic rings. The van der Waals surface area contributed by atoms with E-state index >= 15 is 0 Å². The molecule has 1 fully saturated rings. The number of rotatable bonds is 2. The van der Waals surface area contributed by atoms with Gasteiger partial charge in [-0.2, -0.15) is 0 Å². The van der Waals surface area contributed by atoms with Crippen LogP contribution in [0, 0.1) is 5.41 Å². The van der Waals surface area contributed by atoms with E-state index in [1.807, 2.05) is 12.1 Å². The van der Waals surface area contributed by atoms with Gasteiger partial charge in [0.25, 0.3) is 0 Å². The Balaban J connectivity index is 2.26. The fourth-order valence-electron chi connectivity index (χ4n) is 2.15. The first-order valence-corrected chi connectivity index (χ1v) is 4.97. The molecule has 2 unspecified atom stereocenters. The monoisotopic (exact) mass is 191 g/mol. The van der Waals surface area contributed by atoms with Crippen molar-refractivity contribution in [2.24, 2.45) is 11.1 Å². The third-order valence-electron chi connectivity index (χ3n) is 3.36. The summed E-state index contributed by atoms with van der Waals surface area (Å²) in [6.07, 6.45) is 0. The standard InChI is InChI=1S/C12H17NO/c1-12(2)10(11(12)13)8-5-4-6-9(7-8)14-3/h4-7,10-11H,13H2,1-3H3. The van der Waals surface area contributed by atoms with E-state index in [1.54, 1.807) is 7.11 Å². The molecule has 2 heteroatoms. The van der Waals surface area contributed by atoms with Crippen LogP contribution in [-0.2, 0) is 0 Å². The molecular formula is C12H17NO. The second-order valence-electron chi connectivity index (χ2n) is 4.60. The van der Waals surface area contributed by atoms with Crippen molar-refractivity contribution in [2.45, 2.75) is 25.8 Å². The van der Waals surface area contributed by atoms with E-state index in [-0.39, 0.29) is 11.5 Å². The summed E-state index contributed by atoms with van der Waals surface area (Å²) in [5.74, 6) is 1.40. The third-order valence-corrected chi connectivity index (χ3v) is 3.36. The number of hydrogen-bond donors (Lipinski definition) is 1. The molecule has 1 aliphatic carbocycles. The molecule has 0 bridgehead atoms. The molecule has 0 saturated heterocycles. The van der Waals surface area contributed by atoms with Gasteiger partial charge in [0.1, 0.15) is 5.75 Å². The van der Waals surface area contributed by atoms with Crippen molar-refractivity contribution in [1.82, 2.24) is 0 Å². The highest BCUT2D eigenvalue weighted by Gasteiger charge is 2.56. The Kier molecular flexibility index (Phi) is 2.04. The molecule has 1 saturated carbocycles. The molecule has 0 radical (unpaired) electrons. The van der Waals surface area contributed by atoms with E-state index in [9.17, 15) is 0 Å². The summed E-state index contributed by atoms with van der Waals surface area (Å²) in [5.41, 5.74) is 7.56. The summed E-state index contributed by atoms with van der Waals surface area (Å²) in [6.45, 7) is 4.42. The fraction of sp³-hybridized carbons (Fsp3) is 0.500. The lowest BCUT2D eigenvalue weighted by atomic mass is 10.0. The minimum absolute atomic E-state index is 0.242. The van der Waals surface area contributed by atoms with E-state index in [0.29, 0.717) is 5.92 Å². The Bertz CT molecular complexity index is 346. The summed E-state index contributed by atoms with van der Waals surface area (Å²) in [4.78, 5) is 0. The molecule has 76 valence electrons. The molecule has 0 heterocycles. The van der Waals surface area contributed by atoms with E-state index in [1.165, 1.54) is 5.56 Å². The topological polar surface area (TPSA) is 35.2 Å². The molecule has 2 N–H and O–H groups in total. The largest absolute Gasteiger partial charge is 0.497 e. The first kappa shape index (κ1) is 9.53. The average molecular weight is 191 g/mol. The zero-order valence-electron chi connectivity index (χ0n) is 8.95. The highest BCUT2D eigenvalue weighted by molar-refractivity contribution is 5.38. The number of nitrogens with two attached hydrogens (primary N) is 1. The Labute approximate surface area is 85.1 Å². The lowest BCUT2D eigenvalue weighted by molar-refractivity contribution is 0.414. The maximum Gasteiger partial charge on any atom is 0.119 e. The van der Waals surface area contributed by atoms with Crippen molar-refractivity contribution in [3.8, 4) is 5.75 Å². The summed E-state index contributed by atoms with van der Waals surface area (Å²) in [5, 5.41) is 0. The molecule has 2 rings (SSSR count). The van der Waals surface area contributed by atoms with Crippen molar-refractivity contribution >= 4 is 0 Å². The first-order chi connectivity index (χ1) is 6.57. The maximum absolute atomic E-state index is 6.03. The van der Waals surface area contributed by atoms with E-state index in [2.05, 4.69) is 26.0 Å². The molecule has 0 aromatic heterocycles. The van der Waals surface area contributed by atoms with Gasteiger partial charge >= 0.3 is 0 Å². The fourth-order valence-corrected chi connectivity index (χ4v) is 2.15. The van der Waals surface area contributed by atoms with Gasteiger partial charge in [-0.05, 0) is 23.1 Å². The Hall–Kier alpha value is -1.02. The second-order valence-corrected chi connectivity index (χ2v) is 4.60. The minimum Gasteiger partial charge on any atom is -0.497 e. The number of hydrogen-bond acceptors (Lipinski definition) is 2. The van der Waals surface area contributed by atoms with Crippen molar-refractivity contribution in [3.05, 3.63) is 29.8 Å². The molecule has 1 aromatic carbocycles. The normalized spacial score (nSPS) is 28.6. The molecule has 0 spiro atoms. The number of ether oxygens (including phenoxy) is 1. The van der Waals surface area contributed by atoms with Gasteiger partial charge < -0.3 is 10.5 Å². The van der Waals surface area contributed by atoms with Crippen LogP contribution < -0.4 is 10.5 Å². The van der Waals surface area contributed by atoms with Crippen LogP contribution in [0.3, 0.4) is 0 Å². The predicted molar refractivity (Wildman–Crippen MR) is 57.5 cm³/mol. The number of methoxy groups -OCH3 is 1. The molecule has 1 aliphatic rings. The first-order valence-electron chi connectivity index (χ1n) is 4.97. The summed E-state index contributed by atoms with van der Waals surface area (Å²) >= 11 is 0. The van der Waals surface area contributed by atoms with Gasteiger partial charge in [0, 0.05) is 12.0 Å². The predicted octanol–water partition coefficient (Wildman–Crippen LogP) is 2.15. The molecule has 2 nitrogen and oxygen atoms in total.